The molecule has 610 valence electrons. The van der Waals surface area contributed by atoms with Crippen LogP contribution in [0.3, 0.4) is 0 Å². The lowest BCUT2D eigenvalue weighted by Crippen LogP contribution is -2.26. The highest BCUT2D eigenvalue weighted by atomic mass is 16.5. The number of methoxy groups -OCH3 is 5. The smallest absolute Gasteiger partial charge is 0.259 e. The van der Waals surface area contributed by atoms with Crippen LogP contribution in [0.5, 0.6) is 28.7 Å². The summed E-state index contributed by atoms with van der Waals surface area (Å²) in [5.41, 5.74) is 10.5. The molecule has 0 aromatic heterocycles. The maximum absolute atomic E-state index is 13.0. The Balaban J connectivity index is 0.000000168. The Morgan fingerprint density at radius 3 is 1.19 bits per heavy atom. The van der Waals surface area contributed by atoms with E-state index in [0.29, 0.717) is 122 Å². The lowest BCUT2D eigenvalue weighted by atomic mass is 10.0. The fourth-order valence-electron chi connectivity index (χ4n) is 13.4. The van der Waals surface area contributed by atoms with E-state index in [1.807, 2.05) is 127 Å². The van der Waals surface area contributed by atoms with Gasteiger partial charge in [-0.3, -0.25) is 38.4 Å². The number of nitrogens with one attached hydrogen (secondary N) is 5. The predicted octanol–water partition coefficient (Wildman–Crippen LogP) is 21.3. The number of anilines is 4. The van der Waals surface area contributed by atoms with E-state index in [4.69, 9.17) is 23.7 Å². The average molecular weight is 1600 g/mol. The molecule has 5 N–H and O–H groups in total. The van der Waals surface area contributed by atoms with Crippen LogP contribution >= 0.6 is 0 Å². The van der Waals surface area contributed by atoms with Crippen LogP contribution in [0.2, 0.25) is 0 Å². The molecule has 0 aliphatic rings. The number of fused-ring (bicyclic) bond motifs is 1. The monoisotopic (exact) mass is 1600 g/mol. The van der Waals surface area contributed by atoms with E-state index < -0.39 is 0 Å². The second kappa shape index (κ2) is 46.9. The number of ketones is 3. The van der Waals surface area contributed by atoms with E-state index in [9.17, 15) is 38.4 Å². The number of carbonyl (C=O) groups is 8. The minimum Gasteiger partial charge on any atom is -0.497 e. The molecule has 0 atom stereocenters. The molecule has 0 radical (unpaired) electrons. The fourth-order valence-corrected chi connectivity index (χ4v) is 13.4. The van der Waals surface area contributed by atoms with Crippen molar-refractivity contribution in [1.29, 1.82) is 0 Å². The maximum Gasteiger partial charge on any atom is 0.259 e. The van der Waals surface area contributed by atoms with Gasteiger partial charge in [0.2, 0.25) is 0 Å². The number of hydrogen-bond acceptors (Lipinski definition) is 13. The molecule has 120 heavy (non-hydrogen) atoms. The van der Waals surface area contributed by atoms with Crippen LogP contribution in [0, 0.1) is 0 Å². The number of rotatable bonds is 34. The predicted molar refractivity (Wildman–Crippen MR) is 476 cm³/mol. The van der Waals surface area contributed by atoms with Crippen LogP contribution in [0.1, 0.15) is 156 Å². The van der Waals surface area contributed by atoms with Crippen molar-refractivity contribution in [3.63, 3.8) is 0 Å². The maximum atomic E-state index is 13.0. The van der Waals surface area contributed by atoms with Crippen molar-refractivity contribution in [2.24, 2.45) is 0 Å². The minimum atomic E-state index is -0.365. The molecule has 0 aliphatic carbocycles. The van der Waals surface area contributed by atoms with Crippen molar-refractivity contribution < 1.29 is 62.0 Å². The number of carbonyl (C=O) groups excluding carboxylic acids is 8. The number of ether oxygens (including phenoxy) is 5. The standard InChI is InChI=1S/C27H24N2O2.2C25H25NO4.C25H25NO3/c30-26(28-19-9-12-20-10-2-1-3-11-20)24-16-6-7-18-25(24)29-27(31)23-17-8-14-21-13-4-5-15-22(21)23;1-29-20-13-7-12-19(17-20)25(28)26-24-21(14-8-16-23(24)30-2)22(27)15-6-11-18-9-4-3-5-10-18;1-29-22-16-7-6-13-20(22)25(28)26-24-19(14-9-17-23(24)30-2)21(27)15-8-12-18-10-4-3-5-11-18;1-29-21-17-15-20(16-18-21)25(28)26-23-13-7-6-12-22(23)24(27)14-8-5-11-19-9-3-2-4-10-19/h1-8,10-11,13-18H,9,12,19H2,(H,28,30)(H,29,31);3-5,7-10,12-14,16-17H,6,11,15H2,1-2H3,(H,26,28);3-7,9-11,13-14,16-17H,8,12,15H2,1-2H3,(H,26,28);2-4,6-7,9-10,12-13,15-18H,5,8,11,14H2,1H3,(H,26,28). The third-order valence-corrected chi connectivity index (χ3v) is 19.7. The molecular weight excluding hydrogens is 1500 g/mol. The molecule has 13 rings (SSSR count). The van der Waals surface area contributed by atoms with Gasteiger partial charge in [-0.2, -0.15) is 0 Å². The molecule has 18 nitrogen and oxygen atoms in total. The molecule has 0 aliphatic heterocycles. The molecule has 0 unspecified atom stereocenters. The Morgan fingerprint density at radius 1 is 0.258 bits per heavy atom. The number of unbranched alkanes of at least 4 members (excludes halogenated alkanes) is 1. The number of amides is 5. The number of para-hydroxylation sites is 5. The van der Waals surface area contributed by atoms with Gasteiger partial charge >= 0.3 is 0 Å². The Kier molecular flexibility index (Phi) is 34.3. The molecule has 13 aromatic carbocycles. The summed E-state index contributed by atoms with van der Waals surface area (Å²) >= 11 is 0. The first kappa shape index (κ1) is 87.9. The minimum absolute atomic E-state index is 0.0363. The van der Waals surface area contributed by atoms with E-state index in [2.05, 4.69) is 75.1 Å². The summed E-state index contributed by atoms with van der Waals surface area (Å²) in [4.78, 5) is 102. The molecule has 5 amide bonds. The van der Waals surface area contributed by atoms with Gasteiger partial charge < -0.3 is 50.3 Å². The van der Waals surface area contributed by atoms with Crippen LogP contribution < -0.4 is 50.3 Å². The zero-order valence-corrected chi connectivity index (χ0v) is 68.1. The van der Waals surface area contributed by atoms with Gasteiger partial charge in [0, 0.05) is 59.2 Å². The van der Waals surface area contributed by atoms with Gasteiger partial charge in [-0.15, -0.1) is 0 Å². The Labute approximate surface area is 701 Å². The summed E-state index contributed by atoms with van der Waals surface area (Å²) in [6, 6.07) is 99.3. The quantitative estimate of drug-likeness (QED) is 0.0186. The Hall–Kier alpha value is -14.5. The van der Waals surface area contributed by atoms with Crippen LogP contribution in [0.25, 0.3) is 10.8 Å². The first-order chi connectivity index (χ1) is 58.6. The second-order valence-corrected chi connectivity index (χ2v) is 27.8. The number of benzene rings is 13. The highest BCUT2D eigenvalue weighted by Crippen LogP contribution is 2.34. The first-order valence-corrected chi connectivity index (χ1v) is 39.9. The zero-order chi connectivity index (χ0) is 84.6. The third-order valence-electron chi connectivity index (χ3n) is 19.7. The topological polar surface area (TPSA) is 243 Å². The van der Waals surface area contributed by atoms with Crippen molar-refractivity contribution in [1.82, 2.24) is 5.32 Å². The number of aryl methyl sites for hydroxylation is 4. The molecule has 0 spiro atoms. The zero-order valence-electron chi connectivity index (χ0n) is 68.1. The first-order valence-electron chi connectivity index (χ1n) is 39.9. The summed E-state index contributed by atoms with van der Waals surface area (Å²) in [6.45, 7) is 0.569. The van der Waals surface area contributed by atoms with E-state index in [0.717, 1.165) is 68.6 Å². The van der Waals surface area contributed by atoms with Gasteiger partial charge in [-0.05, 0) is 200 Å². The van der Waals surface area contributed by atoms with Crippen molar-refractivity contribution in [3.8, 4) is 28.7 Å². The normalized spacial score (nSPS) is 10.4. The van der Waals surface area contributed by atoms with Crippen molar-refractivity contribution in [2.45, 2.75) is 77.0 Å². The van der Waals surface area contributed by atoms with Crippen LogP contribution in [-0.2, 0) is 25.7 Å². The van der Waals surface area contributed by atoms with E-state index >= 15 is 0 Å². The number of hydrogen-bond donors (Lipinski definition) is 5. The lowest BCUT2D eigenvalue weighted by molar-refractivity contribution is 0.0948. The third kappa shape index (κ3) is 26.2. The second-order valence-electron chi connectivity index (χ2n) is 27.8. The largest absolute Gasteiger partial charge is 0.497 e. The van der Waals surface area contributed by atoms with Gasteiger partial charge in [0.05, 0.1) is 69.4 Å². The lowest BCUT2D eigenvalue weighted by Gasteiger charge is -2.15. The summed E-state index contributed by atoms with van der Waals surface area (Å²) in [7, 11) is 7.66. The summed E-state index contributed by atoms with van der Waals surface area (Å²) < 4.78 is 26.4. The van der Waals surface area contributed by atoms with Gasteiger partial charge in [0.1, 0.15) is 28.7 Å². The van der Waals surface area contributed by atoms with Gasteiger partial charge in [-0.25, -0.2) is 0 Å². The molecule has 0 fully saturated rings. The van der Waals surface area contributed by atoms with E-state index in [1.54, 1.807) is 160 Å². The van der Waals surface area contributed by atoms with E-state index in [-0.39, 0.29) is 46.9 Å². The molecule has 18 heteroatoms. The molecule has 0 saturated carbocycles. The van der Waals surface area contributed by atoms with Gasteiger partial charge in [0.25, 0.3) is 29.5 Å². The Bertz CT molecular complexity index is 5550. The SMILES string of the molecule is COc1ccc(C(=O)Nc2ccccc2C(=O)CCCCc2ccccc2)cc1.COc1cccc(C(=O)Nc2c(OC)cccc2C(=O)CCCc2ccccc2)c1.COc1ccccc1C(=O)Nc1c(OC)cccc1C(=O)CCCc1ccccc1.O=C(NCCCc1ccccc1)c1ccccc1NC(=O)c1cccc2ccccc12. The van der Waals surface area contributed by atoms with Crippen molar-refractivity contribution >= 4 is 80.4 Å². The molecule has 13 aromatic rings. The van der Waals surface area contributed by atoms with Crippen molar-refractivity contribution in [3.05, 3.63) is 388 Å². The average Bonchev–Trinajstić information content (AvgIpc) is 0.801. The summed E-state index contributed by atoms with van der Waals surface area (Å²) in [5, 5.41) is 16.3. The van der Waals surface area contributed by atoms with Gasteiger partial charge in [-0.1, -0.05) is 212 Å². The molecule has 0 saturated heterocycles. The molecule has 0 heterocycles. The van der Waals surface area contributed by atoms with Crippen LogP contribution in [0.15, 0.2) is 322 Å². The van der Waals surface area contributed by atoms with Crippen LogP contribution in [0.4, 0.5) is 22.7 Å². The van der Waals surface area contributed by atoms with Gasteiger partial charge in [0.15, 0.2) is 17.3 Å². The molecule has 0 bridgehead atoms. The Morgan fingerprint density at radius 2 is 0.642 bits per heavy atom. The van der Waals surface area contributed by atoms with Crippen molar-refractivity contribution in [2.75, 3.05) is 63.4 Å². The van der Waals surface area contributed by atoms with Crippen LogP contribution in [-0.4, -0.2) is 89.0 Å². The summed E-state index contributed by atoms with van der Waals surface area (Å²) in [6.07, 6.45) is 8.78. The fraction of sp³-hybridized carbons (Fsp3) is 0.176. The highest BCUT2D eigenvalue weighted by Gasteiger charge is 2.23. The highest BCUT2D eigenvalue weighted by molar-refractivity contribution is 6.16. The summed E-state index contributed by atoms with van der Waals surface area (Å²) in [5.74, 6) is 1.20. The molecular formula is C102H99N5O13. The number of Topliss-reactive ketones (excluding diaryl/α,β-unsaturated/α-hetero) is 3. The van der Waals surface area contributed by atoms with E-state index in [1.165, 1.54) is 43.6 Å².